The molecule has 0 saturated carbocycles. The van der Waals surface area contributed by atoms with Crippen molar-refractivity contribution >= 4 is 34.1 Å². The van der Waals surface area contributed by atoms with Gasteiger partial charge in [-0.15, -0.1) is 0 Å². The smallest absolute Gasteiger partial charge is 0.418 e. The first kappa shape index (κ1) is 39.8. The maximum absolute atomic E-state index is 16.7. The zero-order valence-electron chi connectivity index (χ0n) is 30.8. The summed E-state index contributed by atoms with van der Waals surface area (Å²) in [7, 11) is 3.08. The molecular formula is C40H38ClF4N7O4. The molecule has 0 bridgehead atoms. The average molecular weight is 792 g/mol. The number of alkyl halides is 3. The van der Waals surface area contributed by atoms with Crippen LogP contribution in [-0.4, -0.2) is 47.3 Å². The Morgan fingerprint density at radius 3 is 2.18 bits per heavy atom. The molecule has 292 valence electrons. The number of halogens is 5. The quantitative estimate of drug-likeness (QED) is 0.0734. The van der Waals surface area contributed by atoms with Gasteiger partial charge in [0.15, 0.2) is 11.6 Å². The van der Waals surface area contributed by atoms with Gasteiger partial charge in [0.2, 0.25) is 0 Å². The van der Waals surface area contributed by atoms with Gasteiger partial charge in [0, 0.05) is 37.4 Å². The number of fused-ring (bicyclic) bond motifs is 1. The molecule has 6 rings (SSSR count). The SMILES string of the molecule is COc1ccc(CN(Cc2ccc(OC)cc2)c2cc(C)c(C(F)(F)F)c(-c3c(Cl)c(OCCN[C@H](C)c4cccnc4N)c4c(=O)[nH]cnc4c3F)n2)cc1. The highest BCUT2D eigenvalue weighted by Crippen LogP contribution is 2.47. The van der Waals surface area contributed by atoms with Gasteiger partial charge in [-0.3, -0.25) is 4.79 Å². The first-order valence-electron chi connectivity index (χ1n) is 17.4. The Morgan fingerprint density at radius 1 is 0.982 bits per heavy atom. The van der Waals surface area contributed by atoms with Gasteiger partial charge < -0.3 is 35.1 Å². The van der Waals surface area contributed by atoms with Crippen LogP contribution < -0.4 is 35.7 Å². The zero-order valence-corrected chi connectivity index (χ0v) is 31.6. The lowest BCUT2D eigenvalue weighted by molar-refractivity contribution is -0.137. The first-order valence-corrected chi connectivity index (χ1v) is 17.7. The van der Waals surface area contributed by atoms with Crippen LogP contribution in [0.25, 0.3) is 22.2 Å². The number of nitrogens with one attached hydrogen (secondary N) is 2. The number of benzene rings is 3. The summed E-state index contributed by atoms with van der Waals surface area (Å²) < 4.78 is 78.4. The molecule has 16 heteroatoms. The molecule has 0 spiro atoms. The van der Waals surface area contributed by atoms with Gasteiger partial charge in [0.1, 0.15) is 40.6 Å². The molecule has 0 fully saturated rings. The molecule has 0 aliphatic rings. The van der Waals surface area contributed by atoms with Crippen LogP contribution in [0.5, 0.6) is 17.2 Å². The molecule has 0 saturated heterocycles. The van der Waals surface area contributed by atoms with Crippen molar-refractivity contribution in [2.45, 2.75) is 39.2 Å². The van der Waals surface area contributed by atoms with Gasteiger partial charge in [-0.05, 0) is 66.9 Å². The van der Waals surface area contributed by atoms with Crippen LogP contribution in [0.3, 0.4) is 0 Å². The van der Waals surface area contributed by atoms with Gasteiger partial charge in [-0.1, -0.05) is 41.9 Å². The maximum atomic E-state index is 16.7. The summed E-state index contributed by atoms with van der Waals surface area (Å²) in [6, 6.07) is 18.9. The molecule has 4 N–H and O–H groups in total. The molecule has 0 amide bonds. The van der Waals surface area contributed by atoms with Crippen molar-refractivity contribution in [2.24, 2.45) is 0 Å². The van der Waals surface area contributed by atoms with Gasteiger partial charge in [-0.25, -0.2) is 19.3 Å². The van der Waals surface area contributed by atoms with Gasteiger partial charge in [-0.2, -0.15) is 13.2 Å². The molecule has 3 aromatic carbocycles. The van der Waals surface area contributed by atoms with E-state index in [1.54, 1.807) is 61.7 Å². The number of hydrogen-bond donors (Lipinski definition) is 3. The van der Waals surface area contributed by atoms with Crippen molar-refractivity contribution < 1.29 is 31.8 Å². The number of ether oxygens (including phenoxy) is 3. The Labute approximate surface area is 324 Å². The summed E-state index contributed by atoms with van der Waals surface area (Å²) in [4.78, 5) is 29.8. The van der Waals surface area contributed by atoms with E-state index in [1.165, 1.54) is 13.0 Å². The Kier molecular flexibility index (Phi) is 12.0. The second kappa shape index (κ2) is 16.8. The lowest BCUT2D eigenvalue weighted by Gasteiger charge is -2.27. The summed E-state index contributed by atoms with van der Waals surface area (Å²) in [6.45, 7) is 3.56. The molecule has 0 radical (unpaired) electrons. The number of nitrogens with two attached hydrogens (primary N) is 1. The number of anilines is 2. The van der Waals surface area contributed by atoms with E-state index in [0.717, 1.165) is 23.0 Å². The number of hydrogen-bond acceptors (Lipinski definition) is 10. The predicted octanol–water partition coefficient (Wildman–Crippen LogP) is 8.04. The third-order valence-corrected chi connectivity index (χ3v) is 9.54. The highest BCUT2D eigenvalue weighted by Gasteiger charge is 2.39. The zero-order chi connectivity index (χ0) is 40.1. The van der Waals surface area contributed by atoms with Crippen LogP contribution in [0.15, 0.2) is 84.0 Å². The second-order valence-electron chi connectivity index (χ2n) is 12.9. The van der Waals surface area contributed by atoms with Crippen molar-refractivity contribution in [3.8, 4) is 28.5 Å². The lowest BCUT2D eigenvalue weighted by atomic mass is 9.98. The molecule has 3 heterocycles. The summed E-state index contributed by atoms with van der Waals surface area (Å²) in [5.41, 5.74) is 4.01. The molecule has 56 heavy (non-hydrogen) atoms. The summed E-state index contributed by atoms with van der Waals surface area (Å²) in [5, 5.41) is 2.27. The normalized spacial score (nSPS) is 12.1. The Morgan fingerprint density at radius 2 is 1.61 bits per heavy atom. The minimum absolute atomic E-state index is 0.0990. The van der Waals surface area contributed by atoms with Crippen LogP contribution >= 0.6 is 11.6 Å². The van der Waals surface area contributed by atoms with Gasteiger partial charge in [0.05, 0.1) is 42.4 Å². The molecule has 3 aromatic heterocycles. The van der Waals surface area contributed by atoms with E-state index in [2.05, 4.69) is 25.3 Å². The number of aromatic nitrogens is 4. The Balaban J connectivity index is 1.47. The van der Waals surface area contributed by atoms with E-state index in [-0.39, 0.29) is 54.8 Å². The van der Waals surface area contributed by atoms with Crippen molar-refractivity contribution in [1.82, 2.24) is 25.3 Å². The largest absolute Gasteiger partial charge is 0.497 e. The number of nitrogen functional groups attached to an aromatic ring is 1. The van der Waals surface area contributed by atoms with E-state index in [9.17, 15) is 4.79 Å². The van der Waals surface area contributed by atoms with E-state index in [0.29, 0.717) is 17.3 Å². The molecule has 0 unspecified atom stereocenters. The highest BCUT2D eigenvalue weighted by atomic mass is 35.5. The fourth-order valence-electron chi connectivity index (χ4n) is 6.37. The van der Waals surface area contributed by atoms with Crippen molar-refractivity contribution in [2.75, 3.05) is 38.0 Å². The second-order valence-corrected chi connectivity index (χ2v) is 13.2. The molecule has 11 nitrogen and oxygen atoms in total. The molecule has 1 atom stereocenters. The van der Waals surface area contributed by atoms with Crippen LogP contribution in [-0.2, 0) is 19.3 Å². The number of rotatable bonds is 14. The predicted molar refractivity (Wildman–Crippen MR) is 207 cm³/mol. The number of aromatic amines is 1. The third kappa shape index (κ3) is 8.48. The van der Waals surface area contributed by atoms with Crippen LogP contribution in [0, 0.1) is 12.7 Å². The van der Waals surface area contributed by atoms with Crippen LogP contribution in [0.1, 0.15) is 40.8 Å². The Hall–Kier alpha value is -5.93. The lowest BCUT2D eigenvalue weighted by Crippen LogP contribution is -2.25. The minimum atomic E-state index is -5.00. The maximum Gasteiger partial charge on any atom is 0.418 e. The number of nitrogens with zero attached hydrogens (tertiary/aromatic N) is 4. The summed E-state index contributed by atoms with van der Waals surface area (Å²) >= 11 is 6.85. The van der Waals surface area contributed by atoms with Crippen molar-refractivity contribution in [1.29, 1.82) is 0 Å². The van der Waals surface area contributed by atoms with Crippen LogP contribution in [0.4, 0.5) is 29.2 Å². The van der Waals surface area contributed by atoms with E-state index in [4.69, 9.17) is 31.5 Å². The molecule has 0 aliphatic carbocycles. The minimum Gasteiger partial charge on any atom is -0.497 e. The molecular weight excluding hydrogens is 754 g/mol. The first-order chi connectivity index (χ1) is 26.8. The van der Waals surface area contributed by atoms with Gasteiger partial charge in [0.25, 0.3) is 5.56 Å². The van der Waals surface area contributed by atoms with Gasteiger partial charge >= 0.3 is 6.18 Å². The molecule has 6 aromatic rings. The highest BCUT2D eigenvalue weighted by molar-refractivity contribution is 6.36. The van der Waals surface area contributed by atoms with Crippen molar-refractivity contribution in [3.05, 3.63) is 128 Å². The monoisotopic (exact) mass is 791 g/mol. The summed E-state index contributed by atoms with van der Waals surface area (Å²) in [6.07, 6.45) is -2.49. The average Bonchev–Trinajstić information content (AvgIpc) is 3.17. The number of pyridine rings is 2. The van der Waals surface area contributed by atoms with E-state index >= 15 is 17.6 Å². The number of methoxy groups -OCH3 is 2. The fourth-order valence-corrected chi connectivity index (χ4v) is 6.69. The van der Waals surface area contributed by atoms with Crippen LogP contribution in [0.2, 0.25) is 5.02 Å². The summed E-state index contributed by atoms with van der Waals surface area (Å²) in [5.74, 6) is 0.0538. The fraction of sp³-hybridized carbons (Fsp3) is 0.250. The topological polar surface area (TPSA) is 141 Å². The third-order valence-electron chi connectivity index (χ3n) is 9.18. The number of aryl methyl sites for hydroxylation is 1. The Bertz CT molecular complexity index is 2340. The van der Waals surface area contributed by atoms with E-state index in [1.807, 2.05) is 31.2 Å². The molecule has 0 aliphatic heterocycles. The standard InChI is InChI=1S/C40H38ClF4N7O4/c1-22-18-29(52(19-24-7-11-26(54-3)12-8-24)20-25-9-13-27(55-4)14-10-25)51-35(32(22)40(43,44)45)30-33(41)37(31-36(34(30)42)49-21-50-39(31)53)56-17-16-47-23(2)28-6-5-15-48-38(28)46/h5-15,18,21,23,47H,16-17,19-20H2,1-4H3,(H2,46,48)(H,49,50,53)/t23-/m1/s1. The van der Waals surface area contributed by atoms with E-state index < -0.39 is 44.9 Å². The number of H-pyrrole nitrogens is 1. The van der Waals surface area contributed by atoms with Crippen molar-refractivity contribution in [3.63, 3.8) is 0 Å².